The van der Waals surface area contributed by atoms with Crippen molar-refractivity contribution < 1.29 is 14.3 Å². The van der Waals surface area contributed by atoms with Crippen LogP contribution in [0.1, 0.15) is 44.1 Å². The monoisotopic (exact) mass is 435 g/mol. The quantitative estimate of drug-likeness (QED) is 0.721. The van der Waals surface area contributed by atoms with Crippen LogP contribution in [0.4, 0.5) is 0 Å². The van der Waals surface area contributed by atoms with E-state index in [9.17, 15) is 9.59 Å². The number of carbonyl (C=O) groups excluding carboxylic acids is 2. The van der Waals surface area contributed by atoms with Crippen LogP contribution >= 0.6 is 0 Å². The van der Waals surface area contributed by atoms with Crippen LogP contribution in [0.3, 0.4) is 0 Å². The minimum atomic E-state index is -1.08. The molecule has 1 aromatic carbocycles. The number of amides is 2. The molecule has 0 radical (unpaired) electrons. The van der Waals surface area contributed by atoms with Gasteiger partial charge in [0.25, 0.3) is 5.91 Å². The van der Waals surface area contributed by atoms with Gasteiger partial charge in [-0.25, -0.2) is 0 Å². The molecular weight excluding hydrogens is 402 g/mol. The number of likely N-dealkylation sites (N-methyl/N-ethyl adjacent to an activating group) is 1. The van der Waals surface area contributed by atoms with Gasteiger partial charge >= 0.3 is 0 Å². The molecule has 1 saturated carbocycles. The lowest BCUT2D eigenvalue weighted by Crippen LogP contribution is -2.61. The third-order valence-corrected chi connectivity index (χ3v) is 6.85. The van der Waals surface area contributed by atoms with Crippen LogP contribution in [-0.2, 0) is 20.7 Å². The molecule has 1 aliphatic heterocycles. The molecule has 1 aromatic heterocycles. The molecule has 2 aliphatic rings. The maximum absolute atomic E-state index is 13.0. The minimum Gasteiger partial charge on any atom is -0.361 e. The van der Waals surface area contributed by atoms with Crippen molar-refractivity contribution in [3.63, 3.8) is 0 Å². The topological polar surface area (TPSA) is 71.5 Å². The van der Waals surface area contributed by atoms with Crippen molar-refractivity contribution in [2.75, 3.05) is 26.7 Å². The van der Waals surface area contributed by atoms with Crippen molar-refractivity contribution >= 4 is 11.8 Å². The predicted molar refractivity (Wildman–Crippen MR) is 124 cm³/mol. The molecule has 2 fully saturated rings. The Kier molecular flexibility index (Phi) is 7.20. The van der Waals surface area contributed by atoms with E-state index in [0.717, 1.165) is 23.1 Å². The van der Waals surface area contributed by atoms with Gasteiger partial charge in [-0.3, -0.25) is 14.6 Å². The second kappa shape index (κ2) is 10.3. The third-order valence-electron chi connectivity index (χ3n) is 6.85. The number of aromatic nitrogens is 1. The summed E-state index contributed by atoms with van der Waals surface area (Å²) in [4.78, 5) is 31.9. The number of hydrogen-bond donors (Lipinski definition) is 1. The first kappa shape index (κ1) is 22.5. The lowest BCUT2D eigenvalue weighted by atomic mass is 9.89. The molecule has 1 atom stereocenters. The number of rotatable bonds is 7. The average Bonchev–Trinajstić information content (AvgIpc) is 3.36. The van der Waals surface area contributed by atoms with E-state index in [1.54, 1.807) is 19.4 Å². The highest BCUT2D eigenvalue weighted by atomic mass is 16.5. The highest BCUT2D eigenvalue weighted by molar-refractivity contribution is 5.87. The third kappa shape index (κ3) is 5.18. The molecule has 0 bridgehead atoms. The number of benzene rings is 1. The van der Waals surface area contributed by atoms with Crippen molar-refractivity contribution in [1.29, 1.82) is 0 Å². The van der Waals surface area contributed by atoms with Crippen LogP contribution in [0, 0.1) is 5.92 Å². The minimum absolute atomic E-state index is 0.138. The molecule has 1 aliphatic carbocycles. The fourth-order valence-corrected chi connectivity index (χ4v) is 5.07. The van der Waals surface area contributed by atoms with E-state index in [2.05, 4.69) is 16.4 Å². The van der Waals surface area contributed by atoms with Gasteiger partial charge < -0.3 is 15.0 Å². The first-order chi connectivity index (χ1) is 15.6. The van der Waals surface area contributed by atoms with Gasteiger partial charge in [0.2, 0.25) is 5.91 Å². The Bertz CT molecular complexity index is 927. The SMILES string of the molecule is CNC(=O)[C@@]1(Cc2cccc(-c3ccncc3)c2)CN(C(=O)CCC2CCCC2)CCO1. The molecule has 0 unspecified atom stereocenters. The summed E-state index contributed by atoms with van der Waals surface area (Å²) in [6.45, 7) is 1.20. The standard InChI is InChI=1S/C26H33N3O3/c1-27-25(31)26(18-21-7-4-8-23(17-21)22-11-13-28-14-12-22)19-29(15-16-32-26)24(30)10-9-20-5-2-3-6-20/h4,7-8,11-14,17,20H,2-3,5-6,9-10,15-16,18-19H2,1H3,(H,27,31)/t26-/m1/s1. The Balaban J connectivity index is 1.49. The molecule has 2 aromatic rings. The molecule has 6 nitrogen and oxygen atoms in total. The predicted octanol–water partition coefficient (Wildman–Crippen LogP) is 3.61. The molecule has 0 spiro atoms. The largest absolute Gasteiger partial charge is 0.361 e. The molecule has 1 N–H and O–H groups in total. The Morgan fingerprint density at radius 2 is 1.94 bits per heavy atom. The number of pyridine rings is 1. The first-order valence-corrected chi connectivity index (χ1v) is 11.7. The molecule has 4 rings (SSSR count). The van der Waals surface area contributed by atoms with E-state index in [4.69, 9.17) is 4.74 Å². The van der Waals surface area contributed by atoms with E-state index in [1.807, 2.05) is 35.2 Å². The molecule has 32 heavy (non-hydrogen) atoms. The summed E-state index contributed by atoms with van der Waals surface area (Å²) >= 11 is 0. The Hall–Kier alpha value is -2.73. The van der Waals surface area contributed by atoms with E-state index in [-0.39, 0.29) is 18.4 Å². The molecule has 2 heterocycles. The van der Waals surface area contributed by atoms with Crippen LogP contribution < -0.4 is 5.32 Å². The number of carbonyl (C=O) groups is 2. The smallest absolute Gasteiger partial charge is 0.254 e. The highest BCUT2D eigenvalue weighted by Gasteiger charge is 2.44. The van der Waals surface area contributed by atoms with Gasteiger partial charge in [-0.15, -0.1) is 0 Å². The van der Waals surface area contributed by atoms with E-state index in [1.165, 1.54) is 25.7 Å². The fourth-order valence-electron chi connectivity index (χ4n) is 5.07. The van der Waals surface area contributed by atoms with Crippen molar-refractivity contribution in [3.05, 3.63) is 54.4 Å². The zero-order chi connectivity index (χ0) is 22.4. The maximum atomic E-state index is 13.0. The Morgan fingerprint density at radius 1 is 1.16 bits per heavy atom. The molecule has 6 heteroatoms. The summed E-state index contributed by atoms with van der Waals surface area (Å²) in [6.07, 6.45) is 10.5. The second-order valence-electron chi connectivity index (χ2n) is 9.04. The average molecular weight is 436 g/mol. The Morgan fingerprint density at radius 3 is 2.69 bits per heavy atom. The summed E-state index contributed by atoms with van der Waals surface area (Å²) in [5, 5.41) is 2.77. The number of nitrogens with one attached hydrogen (secondary N) is 1. The number of morpholine rings is 1. The summed E-state index contributed by atoms with van der Waals surface area (Å²) in [5.41, 5.74) is 2.07. The molecule has 2 amide bonds. The van der Waals surface area contributed by atoms with Crippen LogP contribution in [0.2, 0.25) is 0 Å². The van der Waals surface area contributed by atoms with Gasteiger partial charge in [0.05, 0.1) is 13.2 Å². The van der Waals surface area contributed by atoms with E-state index in [0.29, 0.717) is 31.9 Å². The van der Waals surface area contributed by atoms with Crippen LogP contribution in [0.15, 0.2) is 48.8 Å². The summed E-state index contributed by atoms with van der Waals surface area (Å²) < 4.78 is 6.11. The molecular formula is C26H33N3O3. The fraction of sp³-hybridized carbons (Fsp3) is 0.500. The van der Waals surface area contributed by atoms with E-state index < -0.39 is 5.60 Å². The summed E-state index contributed by atoms with van der Waals surface area (Å²) in [6, 6.07) is 12.1. The van der Waals surface area contributed by atoms with Crippen LogP contribution in [0.25, 0.3) is 11.1 Å². The van der Waals surface area contributed by atoms with Gasteiger partial charge in [0.1, 0.15) is 0 Å². The van der Waals surface area contributed by atoms with Crippen molar-refractivity contribution in [1.82, 2.24) is 15.2 Å². The van der Waals surface area contributed by atoms with Gasteiger partial charge in [-0.2, -0.15) is 0 Å². The number of ether oxygens (including phenoxy) is 1. The number of nitrogens with zero attached hydrogens (tertiary/aromatic N) is 2. The maximum Gasteiger partial charge on any atom is 0.254 e. The van der Waals surface area contributed by atoms with Crippen LogP contribution in [-0.4, -0.2) is 54.0 Å². The molecule has 1 saturated heterocycles. The Labute approximate surface area is 190 Å². The summed E-state index contributed by atoms with van der Waals surface area (Å²) in [7, 11) is 1.63. The van der Waals surface area contributed by atoms with E-state index >= 15 is 0 Å². The number of hydrogen-bond acceptors (Lipinski definition) is 4. The zero-order valence-corrected chi connectivity index (χ0v) is 18.9. The lowest BCUT2D eigenvalue weighted by molar-refractivity contribution is -0.165. The highest BCUT2D eigenvalue weighted by Crippen LogP contribution is 2.30. The van der Waals surface area contributed by atoms with Crippen LogP contribution in [0.5, 0.6) is 0 Å². The first-order valence-electron chi connectivity index (χ1n) is 11.7. The zero-order valence-electron chi connectivity index (χ0n) is 18.9. The van der Waals surface area contributed by atoms with Gasteiger partial charge in [0, 0.05) is 38.8 Å². The lowest BCUT2D eigenvalue weighted by Gasteiger charge is -2.41. The van der Waals surface area contributed by atoms with Gasteiger partial charge in [0.15, 0.2) is 5.60 Å². The van der Waals surface area contributed by atoms with Gasteiger partial charge in [-0.1, -0.05) is 49.9 Å². The summed E-state index contributed by atoms with van der Waals surface area (Å²) in [5.74, 6) is 0.638. The second-order valence-corrected chi connectivity index (χ2v) is 9.04. The molecule has 170 valence electrons. The normalized spacial score (nSPS) is 21.5. The van der Waals surface area contributed by atoms with Gasteiger partial charge in [-0.05, 0) is 41.2 Å². The van der Waals surface area contributed by atoms with Crippen molar-refractivity contribution in [2.45, 2.75) is 50.5 Å². The van der Waals surface area contributed by atoms with Crippen molar-refractivity contribution in [2.24, 2.45) is 5.92 Å². The van der Waals surface area contributed by atoms with Crippen molar-refractivity contribution in [3.8, 4) is 11.1 Å².